The van der Waals surface area contributed by atoms with Crippen LogP contribution >= 0.6 is 11.3 Å². The van der Waals surface area contributed by atoms with E-state index in [2.05, 4.69) is 120 Å². The number of hydrogen-bond donors (Lipinski definition) is 0. The van der Waals surface area contributed by atoms with Crippen LogP contribution in [0.1, 0.15) is 0 Å². The van der Waals surface area contributed by atoms with Crippen LogP contribution in [0.5, 0.6) is 0 Å². The predicted molar refractivity (Wildman–Crippen MR) is 214 cm³/mol. The SMILES string of the molecule is c1ccc(-c2nc(-c3cccc4c(-n5c6ccc7cccc8sc9cccc%10ccc5c(c%109)c6c78)cccc34)nc3c2oc2ccccc23)cc1. The Balaban J connectivity index is 1.18. The Hall–Kier alpha value is -6.56. The van der Waals surface area contributed by atoms with E-state index in [1.165, 1.54) is 52.8 Å². The summed E-state index contributed by atoms with van der Waals surface area (Å²) in [6.45, 7) is 0. The van der Waals surface area contributed by atoms with E-state index in [0.717, 1.165) is 49.8 Å². The summed E-state index contributed by atoms with van der Waals surface area (Å²) in [6, 6.07) is 54.1. The van der Waals surface area contributed by atoms with Crippen molar-refractivity contribution >= 4 is 96.9 Å². The summed E-state index contributed by atoms with van der Waals surface area (Å²) in [5, 5.41) is 11.1. The summed E-state index contributed by atoms with van der Waals surface area (Å²) in [6.07, 6.45) is 0. The third-order valence-electron chi connectivity index (χ3n) is 10.6. The quantitative estimate of drug-likeness (QED) is 0.188. The number of para-hydroxylation sites is 1. The second kappa shape index (κ2) is 10.0. The molecule has 8 aromatic carbocycles. The summed E-state index contributed by atoms with van der Waals surface area (Å²) in [4.78, 5) is 10.5. The molecule has 0 atom stereocenters. The van der Waals surface area contributed by atoms with E-state index in [1.807, 2.05) is 47.7 Å². The van der Waals surface area contributed by atoms with Crippen LogP contribution in [0.3, 0.4) is 0 Å². The summed E-state index contributed by atoms with van der Waals surface area (Å²) in [7, 11) is 0. The van der Waals surface area contributed by atoms with Crippen LogP contribution in [0, 0.1) is 0 Å². The van der Waals surface area contributed by atoms with Gasteiger partial charge in [-0.2, -0.15) is 0 Å². The van der Waals surface area contributed by atoms with E-state index in [-0.39, 0.29) is 0 Å². The highest BCUT2D eigenvalue weighted by molar-refractivity contribution is 7.24. The molecule has 0 radical (unpaired) electrons. The van der Waals surface area contributed by atoms with E-state index < -0.39 is 0 Å². The van der Waals surface area contributed by atoms with Gasteiger partial charge in [0, 0.05) is 52.8 Å². The van der Waals surface area contributed by atoms with Crippen molar-refractivity contribution in [2.24, 2.45) is 0 Å². The Bertz CT molecular complexity index is 3270. The van der Waals surface area contributed by atoms with Crippen LogP contribution in [0.4, 0.5) is 0 Å². The molecule has 236 valence electrons. The molecule has 5 heteroatoms. The first kappa shape index (κ1) is 27.3. The van der Waals surface area contributed by atoms with Gasteiger partial charge in [0.05, 0.1) is 16.7 Å². The predicted octanol–water partition coefficient (Wildman–Crippen LogP) is 12.9. The molecule has 0 aliphatic carbocycles. The van der Waals surface area contributed by atoms with Crippen molar-refractivity contribution in [3.8, 4) is 28.3 Å². The minimum atomic E-state index is 0.676. The number of fused-ring (bicyclic) bond motifs is 4. The molecular formula is C46H25N3OS. The lowest BCUT2D eigenvalue weighted by atomic mass is 10.00. The van der Waals surface area contributed by atoms with Crippen molar-refractivity contribution < 1.29 is 4.42 Å². The molecule has 4 heterocycles. The van der Waals surface area contributed by atoms with Crippen molar-refractivity contribution in [1.82, 2.24) is 14.5 Å². The number of rotatable bonds is 3. The lowest BCUT2D eigenvalue weighted by molar-refractivity contribution is 0.667. The molecule has 12 aromatic rings. The molecule has 4 nitrogen and oxygen atoms in total. The van der Waals surface area contributed by atoms with Crippen molar-refractivity contribution in [1.29, 1.82) is 0 Å². The van der Waals surface area contributed by atoms with Gasteiger partial charge in [0.1, 0.15) is 16.8 Å². The molecule has 0 N–H and O–H groups in total. The van der Waals surface area contributed by atoms with Gasteiger partial charge < -0.3 is 8.98 Å². The fourth-order valence-corrected chi connectivity index (χ4v) is 9.59. The maximum atomic E-state index is 6.41. The first-order chi connectivity index (χ1) is 25.3. The van der Waals surface area contributed by atoms with Gasteiger partial charge >= 0.3 is 0 Å². The zero-order valence-corrected chi connectivity index (χ0v) is 27.9. The van der Waals surface area contributed by atoms with Gasteiger partial charge in [-0.25, -0.2) is 9.97 Å². The number of hydrogen-bond acceptors (Lipinski definition) is 4. The number of nitrogens with zero attached hydrogens (tertiary/aromatic N) is 3. The Morgan fingerprint density at radius 2 is 1.14 bits per heavy atom. The molecule has 0 unspecified atom stereocenters. The van der Waals surface area contributed by atoms with Gasteiger partial charge in [0.2, 0.25) is 0 Å². The maximum absolute atomic E-state index is 6.41. The van der Waals surface area contributed by atoms with Gasteiger partial charge in [-0.05, 0) is 58.6 Å². The highest BCUT2D eigenvalue weighted by atomic mass is 32.1. The van der Waals surface area contributed by atoms with Gasteiger partial charge in [-0.15, -0.1) is 11.3 Å². The molecule has 0 spiro atoms. The number of furan rings is 1. The van der Waals surface area contributed by atoms with E-state index in [9.17, 15) is 0 Å². The fourth-order valence-electron chi connectivity index (χ4n) is 8.41. The molecule has 0 aliphatic rings. The van der Waals surface area contributed by atoms with Crippen LogP contribution in [0.15, 0.2) is 156 Å². The number of benzene rings is 8. The maximum Gasteiger partial charge on any atom is 0.180 e. The minimum absolute atomic E-state index is 0.676. The van der Waals surface area contributed by atoms with E-state index in [0.29, 0.717) is 11.4 Å². The minimum Gasteiger partial charge on any atom is -0.452 e. The summed E-state index contributed by atoms with van der Waals surface area (Å²) in [5.41, 5.74) is 8.66. The highest BCUT2D eigenvalue weighted by Gasteiger charge is 2.23. The smallest absolute Gasteiger partial charge is 0.180 e. The molecule has 0 aliphatic heterocycles. The Morgan fingerprint density at radius 3 is 1.90 bits per heavy atom. The molecule has 51 heavy (non-hydrogen) atoms. The van der Waals surface area contributed by atoms with Crippen molar-refractivity contribution in [2.75, 3.05) is 0 Å². The van der Waals surface area contributed by atoms with Crippen LogP contribution in [-0.2, 0) is 0 Å². The Morgan fingerprint density at radius 1 is 0.490 bits per heavy atom. The topological polar surface area (TPSA) is 43.9 Å². The van der Waals surface area contributed by atoms with Gasteiger partial charge in [-0.1, -0.05) is 109 Å². The second-order valence-corrected chi connectivity index (χ2v) is 14.4. The molecule has 0 amide bonds. The first-order valence-electron chi connectivity index (χ1n) is 17.2. The molecular weight excluding hydrogens is 643 g/mol. The average molecular weight is 668 g/mol. The lowest BCUT2D eigenvalue weighted by Crippen LogP contribution is -1.98. The fraction of sp³-hybridized carbons (Fsp3) is 0. The molecule has 0 saturated carbocycles. The van der Waals surface area contributed by atoms with Crippen molar-refractivity contribution in [2.45, 2.75) is 0 Å². The molecule has 0 bridgehead atoms. The third-order valence-corrected chi connectivity index (χ3v) is 11.7. The van der Waals surface area contributed by atoms with Crippen LogP contribution in [0.25, 0.3) is 114 Å². The van der Waals surface area contributed by atoms with E-state index >= 15 is 0 Å². The van der Waals surface area contributed by atoms with E-state index in [4.69, 9.17) is 14.4 Å². The highest BCUT2D eigenvalue weighted by Crippen LogP contribution is 2.47. The standard InChI is InChI=1S/C46H25N3OS/c1-2-10-28(11-3-1)43-45-44(32-14-4-5-19-36(32)50-45)48-46(47-43)31-17-8-16-30-29(31)15-9-18-33(30)49-34-24-22-26-12-6-20-37-39(26)41(34)42-35(49)25-23-27-13-7-21-38(51-37)40(27)42/h1-25H. The molecule has 12 rings (SSSR count). The summed E-state index contributed by atoms with van der Waals surface area (Å²) < 4.78 is 11.5. The Kier molecular flexibility index (Phi) is 5.35. The molecule has 0 fully saturated rings. The molecule has 0 saturated heterocycles. The lowest BCUT2D eigenvalue weighted by Gasteiger charge is -2.14. The van der Waals surface area contributed by atoms with E-state index in [1.54, 1.807) is 0 Å². The summed E-state index contributed by atoms with van der Waals surface area (Å²) in [5.74, 6) is 0.676. The second-order valence-electron chi connectivity index (χ2n) is 13.3. The van der Waals surface area contributed by atoms with Gasteiger partial charge in [0.25, 0.3) is 0 Å². The van der Waals surface area contributed by atoms with Crippen LogP contribution < -0.4 is 0 Å². The average Bonchev–Trinajstić information content (AvgIpc) is 3.68. The van der Waals surface area contributed by atoms with Crippen molar-refractivity contribution in [3.63, 3.8) is 0 Å². The zero-order valence-electron chi connectivity index (χ0n) is 27.1. The van der Waals surface area contributed by atoms with Gasteiger partial charge in [-0.3, -0.25) is 0 Å². The Labute approximate surface area is 294 Å². The van der Waals surface area contributed by atoms with Crippen LogP contribution in [-0.4, -0.2) is 14.5 Å². The normalized spacial score (nSPS) is 12.3. The van der Waals surface area contributed by atoms with Crippen LogP contribution in [0.2, 0.25) is 0 Å². The monoisotopic (exact) mass is 667 g/mol. The van der Waals surface area contributed by atoms with Gasteiger partial charge in [0.15, 0.2) is 11.4 Å². The molecule has 4 aromatic heterocycles. The largest absolute Gasteiger partial charge is 0.452 e. The van der Waals surface area contributed by atoms with Crippen molar-refractivity contribution in [3.05, 3.63) is 152 Å². The number of aromatic nitrogens is 3. The third kappa shape index (κ3) is 3.68. The summed E-state index contributed by atoms with van der Waals surface area (Å²) >= 11 is 1.89. The first-order valence-corrected chi connectivity index (χ1v) is 18.0. The zero-order chi connectivity index (χ0) is 33.2.